The summed E-state index contributed by atoms with van der Waals surface area (Å²) in [5.74, 6) is -1.19. The number of amides is 5. The van der Waals surface area contributed by atoms with Crippen LogP contribution in [-0.2, 0) is 20.9 Å². The second-order valence-electron chi connectivity index (χ2n) is 20.4. The van der Waals surface area contributed by atoms with Crippen LogP contribution < -0.4 is 30.7 Å². The third-order valence-corrected chi connectivity index (χ3v) is 15.0. The third-order valence-electron chi connectivity index (χ3n) is 15.0. The lowest BCUT2D eigenvalue weighted by Gasteiger charge is -2.48. The van der Waals surface area contributed by atoms with Gasteiger partial charge in [0, 0.05) is 69.9 Å². The van der Waals surface area contributed by atoms with Gasteiger partial charge in [0.1, 0.15) is 35.6 Å². The van der Waals surface area contributed by atoms with Gasteiger partial charge in [0.15, 0.2) is 0 Å². The van der Waals surface area contributed by atoms with E-state index in [1.807, 2.05) is 12.1 Å². The first-order chi connectivity index (χ1) is 32.1. The van der Waals surface area contributed by atoms with Crippen LogP contribution in [0.15, 0.2) is 42.7 Å². The Morgan fingerprint density at radius 3 is 2.40 bits per heavy atom. The second kappa shape index (κ2) is 19.1. The van der Waals surface area contributed by atoms with Crippen LogP contribution in [0.4, 0.5) is 31.8 Å². The molecular weight excluding hydrogens is 861 g/mol. The van der Waals surface area contributed by atoms with Crippen LogP contribution in [0.3, 0.4) is 0 Å². The van der Waals surface area contributed by atoms with Gasteiger partial charge in [-0.3, -0.25) is 39.1 Å². The SMILES string of the molecule is CN(CCCNc1cc(N2CCC3(CC2)CN(c2cc(F)c(CN4CCC(C)(C)CC4)cc2F)CC(=O)N3)ncn1)CCC1CCN(c2cccc3c2C(=O)N(C2CCC(=O)NC2=O)C3=O)C1. The molecule has 5 amide bonds. The summed E-state index contributed by atoms with van der Waals surface area (Å²) in [7, 11) is 2.12. The molecule has 0 bridgehead atoms. The fraction of sp³-hybridized carbons (Fsp3) is 0.571. The molecule has 16 nitrogen and oxygen atoms in total. The molecule has 3 aromatic rings. The van der Waals surface area contributed by atoms with Gasteiger partial charge >= 0.3 is 0 Å². The van der Waals surface area contributed by atoms with Crippen LogP contribution in [0.1, 0.15) is 97.9 Å². The largest absolute Gasteiger partial charge is 0.371 e. The quantitative estimate of drug-likeness (QED) is 0.154. The summed E-state index contributed by atoms with van der Waals surface area (Å²) in [5, 5.41) is 8.91. The molecule has 6 aliphatic heterocycles. The average Bonchev–Trinajstić information content (AvgIpc) is 3.88. The molecule has 5 fully saturated rings. The van der Waals surface area contributed by atoms with E-state index in [-0.39, 0.29) is 36.4 Å². The Morgan fingerprint density at radius 1 is 0.836 bits per heavy atom. The Labute approximate surface area is 390 Å². The summed E-state index contributed by atoms with van der Waals surface area (Å²) in [6.07, 6.45) is 7.91. The van der Waals surface area contributed by atoms with E-state index in [1.54, 1.807) is 23.4 Å². The highest BCUT2D eigenvalue weighted by Gasteiger charge is 2.47. The minimum atomic E-state index is -0.993. The minimum absolute atomic E-state index is 0.0271. The lowest BCUT2D eigenvalue weighted by atomic mass is 9.82. The molecule has 0 aliphatic carbocycles. The van der Waals surface area contributed by atoms with Crippen molar-refractivity contribution >= 4 is 52.5 Å². The normalized spacial score (nSPS) is 23.0. The highest BCUT2D eigenvalue weighted by molar-refractivity contribution is 6.25. The summed E-state index contributed by atoms with van der Waals surface area (Å²) in [4.78, 5) is 85.0. The summed E-state index contributed by atoms with van der Waals surface area (Å²) in [6, 6.07) is 8.83. The van der Waals surface area contributed by atoms with Crippen molar-refractivity contribution in [2.24, 2.45) is 11.3 Å². The van der Waals surface area contributed by atoms with Gasteiger partial charge in [-0.15, -0.1) is 0 Å². The molecule has 2 unspecified atom stereocenters. The average molecular weight is 924 g/mol. The topological polar surface area (TPSA) is 167 Å². The number of piperazine rings is 1. The molecule has 358 valence electrons. The van der Waals surface area contributed by atoms with E-state index in [1.165, 1.54) is 12.1 Å². The Morgan fingerprint density at radius 2 is 1.63 bits per heavy atom. The number of rotatable bonds is 14. The van der Waals surface area contributed by atoms with Crippen molar-refractivity contribution in [1.29, 1.82) is 0 Å². The molecule has 2 atom stereocenters. The number of nitrogens with zero attached hydrogens (tertiary/aromatic N) is 8. The Kier molecular flexibility index (Phi) is 13.2. The van der Waals surface area contributed by atoms with E-state index in [9.17, 15) is 24.0 Å². The molecule has 1 spiro atoms. The van der Waals surface area contributed by atoms with Gasteiger partial charge in [0.25, 0.3) is 11.8 Å². The Balaban J connectivity index is 0.709. The van der Waals surface area contributed by atoms with Gasteiger partial charge in [0.05, 0.1) is 34.6 Å². The van der Waals surface area contributed by atoms with Crippen LogP contribution in [0.25, 0.3) is 0 Å². The van der Waals surface area contributed by atoms with Crippen molar-refractivity contribution in [3.8, 4) is 0 Å². The molecule has 6 aliphatic rings. The number of carbonyl (C=O) groups excluding carboxylic acids is 5. The predicted octanol–water partition coefficient (Wildman–Crippen LogP) is 4.40. The molecule has 67 heavy (non-hydrogen) atoms. The Hall–Kier alpha value is -5.75. The predicted molar refractivity (Wildman–Crippen MR) is 250 cm³/mol. The number of anilines is 4. The fourth-order valence-corrected chi connectivity index (χ4v) is 10.8. The van der Waals surface area contributed by atoms with Crippen molar-refractivity contribution < 1.29 is 32.8 Å². The van der Waals surface area contributed by atoms with E-state index in [0.29, 0.717) is 61.6 Å². The number of fused-ring (bicyclic) bond motifs is 1. The van der Waals surface area contributed by atoms with Crippen LogP contribution >= 0.6 is 0 Å². The van der Waals surface area contributed by atoms with Crippen LogP contribution in [-0.4, -0.2) is 145 Å². The maximum atomic E-state index is 15.7. The molecule has 0 radical (unpaired) electrons. The highest BCUT2D eigenvalue weighted by atomic mass is 19.1. The van der Waals surface area contributed by atoms with Gasteiger partial charge < -0.3 is 30.2 Å². The number of likely N-dealkylation sites (tertiary alicyclic amines) is 1. The molecule has 3 N–H and O–H groups in total. The fourth-order valence-electron chi connectivity index (χ4n) is 10.8. The lowest BCUT2D eigenvalue weighted by molar-refractivity contribution is -0.136. The van der Waals surface area contributed by atoms with Crippen molar-refractivity contribution in [3.63, 3.8) is 0 Å². The summed E-state index contributed by atoms with van der Waals surface area (Å²) in [6.45, 7) is 12.2. The Bertz CT molecular complexity index is 2400. The lowest BCUT2D eigenvalue weighted by Crippen LogP contribution is -2.66. The number of halogens is 2. The van der Waals surface area contributed by atoms with Crippen molar-refractivity contribution in [2.75, 3.05) is 99.1 Å². The summed E-state index contributed by atoms with van der Waals surface area (Å²) in [5.41, 5.74) is 1.53. The zero-order chi connectivity index (χ0) is 47.0. The highest BCUT2D eigenvalue weighted by Crippen LogP contribution is 2.38. The molecule has 18 heteroatoms. The smallest absolute Gasteiger partial charge is 0.264 e. The monoisotopic (exact) mass is 923 g/mol. The molecule has 1 aromatic heterocycles. The van der Waals surface area contributed by atoms with Crippen LogP contribution in [0.5, 0.6) is 0 Å². The van der Waals surface area contributed by atoms with Crippen molar-refractivity contribution in [3.05, 3.63) is 71.1 Å². The first kappa shape index (κ1) is 46.4. The number of nitrogens with one attached hydrogen (secondary N) is 3. The molecule has 5 saturated heterocycles. The molecule has 7 heterocycles. The standard InChI is InChI=1S/C49H63F2N11O5/c1-48(2)12-20-58(21-13-48)28-33-24-36(51)39(25-35(33)50)61-29-43(64)56-49(30-61)14-22-59(23-15-49)41-26-40(53-31-54-41)52-16-5-17-57(3)18-10-32-11-19-60(27-32)37-7-4-6-34-44(37)47(67)62(46(34)66)38-8-9-42(63)55-45(38)65/h4,6-7,24-26,31-32,38H,5,8-23,27-30H2,1-3H3,(H,56,64)(H,52,53,54)(H,55,63,65). The number of benzene rings is 2. The number of hydrogen-bond acceptors (Lipinski definition) is 13. The zero-order valence-electron chi connectivity index (χ0n) is 38.9. The van der Waals surface area contributed by atoms with Gasteiger partial charge in [-0.2, -0.15) is 0 Å². The van der Waals surface area contributed by atoms with Gasteiger partial charge in [-0.1, -0.05) is 19.9 Å². The molecular formula is C49H63F2N11O5. The molecule has 0 saturated carbocycles. The van der Waals surface area contributed by atoms with Crippen molar-refractivity contribution in [2.45, 2.75) is 89.8 Å². The summed E-state index contributed by atoms with van der Waals surface area (Å²) >= 11 is 0. The van der Waals surface area contributed by atoms with E-state index < -0.39 is 46.8 Å². The maximum absolute atomic E-state index is 15.7. The van der Waals surface area contributed by atoms with Gasteiger partial charge in [-0.05, 0) is 114 Å². The number of piperidine rings is 3. The van der Waals surface area contributed by atoms with Crippen molar-refractivity contribution in [1.82, 2.24) is 35.3 Å². The molecule has 2 aromatic carbocycles. The maximum Gasteiger partial charge on any atom is 0.264 e. The molecule has 9 rings (SSSR count). The van der Waals surface area contributed by atoms with E-state index in [4.69, 9.17) is 0 Å². The van der Waals surface area contributed by atoms with Crippen LogP contribution in [0.2, 0.25) is 0 Å². The van der Waals surface area contributed by atoms with E-state index in [2.05, 4.69) is 66.4 Å². The van der Waals surface area contributed by atoms with E-state index in [0.717, 1.165) is 100 Å². The second-order valence-corrected chi connectivity index (χ2v) is 20.4. The van der Waals surface area contributed by atoms with E-state index >= 15 is 8.78 Å². The summed E-state index contributed by atoms with van der Waals surface area (Å²) < 4.78 is 31.2. The van der Waals surface area contributed by atoms with Gasteiger partial charge in [-0.25, -0.2) is 18.7 Å². The zero-order valence-corrected chi connectivity index (χ0v) is 38.9. The number of imide groups is 2. The third kappa shape index (κ3) is 10.1. The minimum Gasteiger partial charge on any atom is -0.371 e. The number of hydrogen-bond donors (Lipinski definition) is 3. The van der Waals surface area contributed by atoms with Gasteiger partial charge in [0.2, 0.25) is 17.7 Å². The number of aromatic nitrogens is 2. The number of carbonyl (C=O) groups is 5. The first-order valence-electron chi connectivity index (χ1n) is 24.0. The van der Waals surface area contributed by atoms with Crippen LogP contribution in [0, 0.1) is 23.0 Å². The first-order valence-corrected chi connectivity index (χ1v) is 24.0.